The van der Waals surface area contributed by atoms with Gasteiger partial charge in [0.1, 0.15) is 0 Å². The monoisotopic (exact) mass is 287 g/mol. The third kappa shape index (κ3) is 4.17. The molecule has 1 aromatic heterocycles. The van der Waals surface area contributed by atoms with Crippen LogP contribution in [0.4, 0.5) is 0 Å². The van der Waals surface area contributed by atoms with Crippen LogP contribution >= 0.6 is 12.2 Å². The minimum Gasteiger partial charge on any atom is -0.362 e. The van der Waals surface area contributed by atoms with Crippen LogP contribution < -0.4 is 10.6 Å². The Bertz CT molecular complexity index is 575. The van der Waals surface area contributed by atoms with E-state index in [9.17, 15) is 0 Å². The van der Waals surface area contributed by atoms with Crippen molar-refractivity contribution in [1.82, 2.24) is 15.6 Å². The summed E-state index contributed by atoms with van der Waals surface area (Å²) in [5.41, 5.74) is 2.33. The van der Waals surface area contributed by atoms with Gasteiger partial charge in [0, 0.05) is 24.7 Å². The first-order chi connectivity index (χ1) is 9.66. The number of hydrogen-bond donors (Lipinski definition) is 2. The number of aromatic nitrogens is 1. The highest BCUT2D eigenvalue weighted by Gasteiger charge is 2.02. The first-order valence-electron chi connectivity index (χ1n) is 7.01. The molecule has 106 valence electrons. The van der Waals surface area contributed by atoms with Gasteiger partial charge in [-0.3, -0.25) is 4.98 Å². The maximum absolute atomic E-state index is 5.25. The minimum atomic E-state index is 0.594. The lowest BCUT2D eigenvalue weighted by Crippen LogP contribution is -2.38. The van der Waals surface area contributed by atoms with E-state index in [1.807, 2.05) is 12.3 Å². The lowest BCUT2D eigenvalue weighted by molar-refractivity contribution is 0.619. The molecule has 2 rings (SSSR count). The highest BCUT2D eigenvalue weighted by molar-refractivity contribution is 7.80. The van der Waals surface area contributed by atoms with Gasteiger partial charge in [-0.25, -0.2) is 0 Å². The first-order valence-corrected chi connectivity index (χ1v) is 7.42. The molecule has 0 amide bonds. The molecule has 0 aliphatic rings. The summed E-state index contributed by atoms with van der Waals surface area (Å²) in [6.07, 6.45) is 2.76. The van der Waals surface area contributed by atoms with Crippen LogP contribution in [0.3, 0.4) is 0 Å². The number of benzene rings is 1. The van der Waals surface area contributed by atoms with Gasteiger partial charge in [0.25, 0.3) is 0 Å². The van der Waals surface area contributed by atoms with Gasteiger partial charge in [-0.05, 0) is 36.2 Å². The molecule has 0 atom stereocenters. The summed E-state index contributed by atoms with van der Waals surface area (Å²) in [5, 5.41) is 8.37. The Morgan fingerprint density at radius 3 is 2.80 bits per heavy atom. The molecule has 1 aromatic carbocycles. The summed E-state index contributed by atoms with van der Waals surface area (Å²) in [7, 11) is 0. The third-order valence-electron chi connectivity index (χ3n) is 3.07. The Morgan fingerprint density at radius 2 is 2.00 bits per heavy atom. The fourth-order valence-electron chi connectivity index (χ4n) is 2.04. The summed E-state index contributed by atoms with van der Waals surface area (Å²) < 4.78 is 0. The molecule has 3 nitrogen and oxygen atoms in total. The predicted octanol–water partition coefficient (Wildman–Crippen LogP) is 2.90. The minimum absolute atomic E-state index is 0.594. The van der Waals surface area contributed by atoms with E-state index in [-0.39, 0.29) is 0 Å². The Labute approximate surface area is 125 Å². The maximum atomic E-state index is 5.25. The smallest absolute Gasteiger partial charge is 0.166 e. The van der Waals surface area contributed by atoms with Gasteiger partial charge in [0.05, 0.1) is 5.52 Å². The Hall–Kier alpha value is -1.68. The lowest BCUT2D eigenvalue weighted by atomic mass is 10.1. The van der Waals surface area contributed by atoms with E-state index in [0.29, 0.717) is 5.92 Å². The zero-order valence-corrected chi connectivity index (χ0v) is 12.8. The Morgan fingerprint density at radius 1 is 1.20 bits per heavy atom. The van der Waals surface area contributed by atoms with Crippen LogP contribution in [0.1, 0.15) is 19.4 Å². The molecule has 20 heavy (non-hydrogen) atoms. The van der Waals surface area contributed by atoms with Crippen LogP contribution in [-0.2, 0) is 6.42 Å². The van der Waals surface area contributed by atoms with Crippen LogP contribution in [0.25, 0.3) is 10.9 Å². The third-order valence-corrected chi connectivity index (χ3v) is 3.36. The van der Waals surface area contributed by atoms with E-state index >= 15 is 0 Å². The molecule has 0 fully saturated rings. The Balaban J connectivity index is 1.88. The standard InChI is InChI=1S/C16H21N3S/c1-12(2)11-19-16(20)18-10-8-14-6-3-5-13-7-4-9-17-15(13)14/h3-7,9,12H,8,10-11H2,1-2H3,(H2,18,19,20). The van der Waals surface area contributed by atoms with E-state index < -0.39 is 0 Å². The molecule has 4 heteroatoms. The van der Waals surface area contributed by atoms with E-state index in [1.165, 1.54) is 10.9 Å². The number of pyridine rings is 1. The number of nitrogens with one attached hydrogen (secondary N) is 2. The van der Waals surface area contributed by atoms with Crippen LogP contribution in [0.15, 0.2) is 36.5 Å². The van der Waals surface area contributed by atoms with Gasteiger partial charge < -0.3 is 10.6 Å². The quantitative estimate of drug-likeness (QED) is 0.829. The van der Waals surface area contributed by atoms with E-state index in [0.717, 1.165) is 30.1 Å². The maximum Gasteiger partial charge on any atom is 0.166 e. The molecule has 0 unspecified atom stereocenters. The zero-order valence-electron chi connectivity index (χ0n) is 12.0. The van der Waals surface area contributed by atoms with Gasteiger partial charge in [-0.2, -0.15) is 0 Å². The van der Waals surface area contributed by atoms with Crippen molar-refractivity contribution in [3.63, 3.8) is 0 Å². The van der Waals surface area contributed by atoms with Crippen LogP contribution in [0, 0.1) is 5.92 Å². The number of nitrogens with zero attached hydrogens (tertiary/aromatic N) is 1. The molecule has 0 spiro atoms. The zero-order chi connectivity index (χ0) is 14.4. The summed E-state index contributed by atoms with van der Waals surface area (Å²) in [6, 6.07) is 10.4. The van der Waals surface area contributed by atoms with E-state index in [2.05, 4.69) is 53.7 Å². The number of rotatable bonds is 5. The number of fused-ring (bicyclic) bond motifs is 1. The fourth-order valence-corrected chi connectivity index (χ4v) is 2.22. The lowest BCUT2D eigenvalue weighted by Gasteiger charge is -2.12. The van der Waals surface area contributed by atoms with Gasteiger partial charge in [-0.15, -0.1) is 0 Å². The molecule has 0 radical (unpaired) electrons. The van der Waals surface area contributed by atoms with Crippen LogP contribution in [-0.4, -0.2) is 23.2 Å². The molecule has 0 saturated heterocycles. The molecular weight excluding hydrogens is 266 g/mol. The topological polar surface area (TPSA) is 37.0 Å². The fraction of sp³-hybridized carbons (Fsp3) is 0.375. The highest BCUT2D eigenvalue weighted by Crippen LogP contribution is 2.15. The molecule has 0 bridgehead atoms. The van der Waals surface area contributed by atoms with Crippen molar-refractivity contribution in [3.8, 4) is 0 Å². The van der Waals surface area contributed by atoms with Crippen molar-refractivity contribution >= 4 is 28.2 Å². The van der Waals surface area contributed by atoms with Gasteiger partial charge in [0.2, 0.25) is 0 Å². The van der Waals surface area contributed by atoms with Crippen molar-refractivity contribution < 1.29 is 0 Å². The average Bonchev–Trinajstić information content (AvgIpc) is 2.45. The highest BCUT2D eigenvalue weighted by atomic mass is 32.1. The number of hydrogen-bond acceptors (Lipinski definition) is 2. The van der Waals surface area contributed by atoms with Gasteiger partial charge in [0.15, 0.2) is 5.11 Å². The molecule has 1 heterocycles. The molecule has 2 aromatic rings. The summed E-state index contributed by atoms with van der Waals surface area (Å²) in [6.45, 7) is 6.05. The number of para-hydroxylation sites is 1. The molecule has 0 aliphatic heterocycles. The average molecular weight is 287 g/mol. The van der Waals surface area contributed by atoms with Crippen LogP contribution in [0.2, 0.25) is 0 Å². The van der Waals surface area contributed by atoms with E-state index in [1.54, 1.807) is 0 Å². The first kappa shape index (κ1) is 14.7. The van der Waals surface area contributed by atoms with Gasteiger partial charge in [-0.1, -0.05) is 38.1 Å². The van der Waals surface area contributed by atoms with Crippen molar-refractivity contribution in [1.29, 1.82) is 0 Å². The second kappa shape index (κ2) is 7.20. The Kier molecular flexibility index (Phi) is 5.30. The normalized spacial score (nSPS) is 10.8. The summed E-state index contributed by atoms with van der Waals surface area (Å²) in [4.78, 5) is 4.46. The number of thiocarbonyl (C=S) groups is 1. The van der Waals surface area contributed by atoms with Crippen LogP contribution in [0.5, 0.6) is 0 Å². The van der Waals surface area contributed by atoms with Crippen molar-refractivity contribution in [3.05, 3.63) is 42.1 Å². The van der Waals surface area contributed by atoms with Crippen molar-refractivity contribution in [2.75, 3.05) is 13.1 Å². The largest absolute Gasteiger partial charge is 0.362 e. The second-order valence-electron chi connectivity index (χ2n) is 5.27. The molecule has 2 N–H and O–H groups in total. The van der Waals surface area contributed by atoms with Crippen molar-refractivity contribution in [2.45, 2.75) is 20.3 Å². The van der Waals surface area contributed by atoms with Crippen molar-refractivity contribution in [2.24, 2.45) is 5.92 Å². The summed E-state index contributed by atoms with van der Waals surface area (Å²) >= 11 is 5.25. The van der Waals surface area contributed by atoms with E-state index in [4.69, 9.17) is 12.2 Å². The second-order valence-corrected chi connectivity index (χ2v) is 5.68. The van der Waals surface area contributed by atoms with Gasteiger partial charge >= 0.3 is 0 Å². The molecule has 0 aliphatic carbocycles. The SMILES string of the molecule is CC(C)CNC(=S)NCCc1cccc2cccnc12. The predicted molar refractivity (Wildman–Crippen MR) is 88.9 cm³/mol. The molecular formula is C16H21N3S. The molecule has 0 saturated carbocycles. The summed E-state index contributed by atoms with van der Waals surface area (Å²) in [5.74, 6) is 0.594.